The van der Waals surface area contributed by atoms with Gasteiger partial charge in [-0.3, -0.25) is 0 Å². The molecular weight excluding hydrogens is 172 g/mol. The van der Waals surface area contributed by atoms with Crippen molar-refractivity contribution in [2.24, 2.45) is 0 Å². The van der Waals surface area contributed by atoms with Crippen LogP contribution in [0.2, 0.25) is 0 Å². The van der Waals surface area contributed by atoms with E-state index in [9.17, 15) is 4.79 Å². The molecule has 0 spiro atoms. The summed E-state index contributed by atoms with van der Waals surface area (Å²) in [6.07, 6.45) is 0. The molecule has 0 aliphatic rings. The topological polar surface area (TPSA) is 66.8 Å². The van der Waals surface area contributed by atoms with Gasteiger partial charge in [0.1, 0.15) is 0 Å². The number of hydrogen-bond acceptors (Lipinski definition) is 4. The number of hydrogen-bond donors (Lipinski definition) is 2. The van der Waals surface area contributed by atoms with Gasteiger partial charge in [0.25, 0.3) is 0 Å². The molecule has 0 bridgehead atoms. The van der Waals surface area contributed by atoms with Crippen molar-refractivity contribution in [3.8, 4) is 0 Å². The van der Waals surface area contributed by atoms with Gasteiger partial charge in [-0.15, -0.1) is 0 Å². The second kappa shape index (κ2) is 4.02. The molecule has 4 heteroatoms. The van der Waals surface area contributed by atoms with Crippen LogP contribution < -0.4 is 0 Å². The Morgan fingerprint density at radius 3 is 2.54 bits per heavy atom. The molecule has 13 heavy (non-hydrogen) atoms. The highest BCUT2D eigenvalue weighted by molar-refractivity contribution is 5.90. The number of benzene rings is 1. The van der Waals surface area contributed by atoms with Crippen LogP contribution in [0, 0.1) is 6.92 Å². The smallest absolute Gasteiger partial charge is 0.342 e. The van der Waals surface area contributed by atoms with E-state index in [1.165, 1.54) is 0 Å². The second-order valence-electron chi connectivity index (χ2n) is 2.55. The quantitative estimate of drug-likeness (QED) is 0.514. The lowest BCUT2D eigenvalue weighted by atomic mass is 10.1. The third-order valence-electron chi connectivity index (χ3n) is 1.58. The molecule has 1 rings (SSSR count). The van der Waals surface area contributed by atoms with Crippen LogP contribution in [0.15, 0.2) is 24.3 Å². The molecule has 4 nitrogen and oxygen atoms in total. The van der Waals surface area contributed by atoms with Crippen molar-refractivity contribution in [1.82, 2.24) is 0 Å². The van der Waals surface area contributed by atoms with Crippen molar-refractivity contribution in [2.75, 3.05) is 0 Å². The maximum Gasteiger partial charge on any atom is 0.342 e. The Hall–Kier alpha value is -1.39. The summed E-state index contributed by atoms with van der Waals surface area (Å²) in [6, 6.07) is 6.75. The van der Waals surface area contributed by atoms with Crippen LogP contribution in [-0.4, -0.2) is 22.7 Å². The summed E-state index contributed by atoms with van der Waals surface area (Å²) in [5.41, 5.74) is 1.06. The van der Waals surface area contributed by atoms with Crippen molar-refractivity contribution >= 4 is 5.97 Å². The van der Waals surface area contributed by atoms with Gasteiger partial charge in [0.2, 0.25) is 0 Å². The average Bonchev–Trinajstić information content (AvgIpc) is 2.03. The first-order valence-electron chi connectivity index (χ1n) is 3.74. The molecule has 70 valence electrons. The normalized spacial score (nSPS) is 10.2. The largest absolute Gasteiger partial charge is 0.407 e. The maximum absolute atomic E-state index is 11.1. The minimum Gasteiger partial charge on any atom is -0.407 e. The molecule has 0 atom stereocenters. The molecule has 0 saturated heterocycles. The first kappa shape index (κ1) is 9.70. The summed E-state index contributed by atoms with van der Waals surface area (Å²) in [4.78, 5) is 11.1. The maximum atomic E-state index is 11.1. The number of esters is 1. The highest BCUT2D eigenvalue weighted by Gasteiger charge is 2.12. The molecule has 0 heterocycles. The highest BCUT2D eigenvalue weighted by Crippen LogP contribution is 2.08. The summed E-state index contributed by atoms with van der Waals surface area (Å²) in [7, 11) is 0. The SMILES string of the molecule is Cc1ccccc1C(=O)OC(O)O. The van der Waals surface area contributed by atoms with Gasteiger partial charge < -0.3 is 14.9 Å². The number of aryl methyl sites for hydroxylation is 1. The van der Waals surface area contributed by atoms with Gasteiger partial charge >= 0.3 is 12.4 Å². The Morgan fingerprint density at radius 1 is 1.38 bits per heavy atom. The third-order valence-corrected chi connectivity index (χ3v) is 1.58. The van der Waals surface area contributed by atoms with Gasteiger partial charge in [0.05, 0.1) is 5.56 Å². The first-order valence-corrected chi connectivity index (χ1v) is 3.74. The Balaban J connectivity index is 2.83. The first-order chi connectivity index (χ1) is 6.11. The van der Waals surface area contributed by atoms with Crippen LogP contribution in [0.3, 0.4) is 0 Å². The molecule has 0 aromatic heterocycles. The van der Waals surface area contributed by atoms with E-state index in [0.29, 0.717) is 5.56 Å². The summed E-state index contributed by atoms with van der Waals surface area (Å²) < 4.78 is 4.19. The minimum absolute atomic E-state index is 0.329. The standard InChI is InChI=1S/C9H10O4/c1-6-4-2-3-5-7(6)8(10)13-9(11)12/h2-5,9,11-12H,1H3. The molecule has 0 aliphatic carbocycles. The highest BCUT2D eigenvalue weighted by atomic mass is 16.7. The van der Waals surface area contributed by atoms with Crippen molar-refractivity contribution in [3.63, 3.8) is 0 Å². The monoisotopic (exact) mass is 182 g/mol. The summed E-state index contributed by atoms with van der Waals surface area (Å²) in [5.74, 6) is -0.742. The molecule has 0 fully saturated rings. The number of ether oxygens (including phenoxy) is 1. The van der Waals surface area contributed by atoms with Crippen LogP contribution in [0.25, 0.3) is 0 Å². The summed E-state index contributed by atoms with van der Waals surface area (Å²) >= 11 is 0. The second-order valence-corrected chi connectivity index (χ2v) is 2.55. The van der Waals surface area contributed by atoms with Crippen LogP contribution in [-0.2, 0) is 4.74 Å². The number of carbonyl (C=O) groups excluding carboxylic acids is 1. The van der Waals surface area contributed by atoms with E-state index in [4.69, 9.17) is 10.2 Å². The lowest BCUT2D eigenvalue weighted by Gasteiger charge is -2.07. The number of rotatable bonds is 2. The number of aliphatic hydroxyl groups excluding tert-OH is 1. The van der Waals surface area contributed by atoms with E-state index in [2.05, 4.69) is 4.74 Å². The zero-order chi connectivity index (χ0) is 9.84. The van der Waals surface area contributed by atoms with Gasteiger partial charge in [-0.05, 0) is 18.6 Å². The summed E-state index contributed by atoms with van der Waals surface area (Å²) in [6.45, 7) is -0.326. The van der Waals surface area contributed by atoms with Crippen molar-refractivity contribution in [1.29, 1.82) is 0 Å². The number of carbonyl (C=O) groups is 1. The fourth-order valence-electron chi connectivity index (χ4n) is 0.961. The van der Waals surface area contributed by atoms with Crippen molar-refractivity contribution < 1.29 is 19.7 Å². The molecule has 1 aromatic carbocycles. The Labute approximate surface area is 75.4 Å². The van der Waals surface area contributed by atoms with Gasteiger partial charge in [0.15, 0.2) is 0 Å². The van der Waals surface area contributed by atoms with Crippen molar-refractivity contribution in [3.05, 3.63) is 35.4 Å². The van der Waals surface area contributed by atoms with Gasteiger partial charge in [-0.2, -0.15) is 0 Å². The van der Waals surface area contributed by atoms with E-state index in [1.54, 1.807) is 31.2 Å². The zero-order valence-corrected chi connectivity index (χ0v) is 7.10. The lowest BCUT2D eigenvalue weighted by Crippen LogP contribution is -2.17. The number of aliphatic hydroxyl groups is 2. The summed E-state index contributed by atoms with van der Waals surface area (Å²) in [5, 5.41) is 16.8. The van der Waals surface area contributed by atoms with E-state index in [1.807, 2.05) is 0 Å². The Kier molecular flexibility index (Phi) is 3.00. The molecule has 0 saturated carbocycles. The van der Waals surface area contributed by atoms with Gasteiger partial charge in [0, 0.05) is 0 Å². The Bertz CT molecular complexity index is 306. The van der Waals surface area contributed by atoms with Crippen LogP contribution in [0.1, 0.15) is 15.9 Å². The lowest BCUT2D eigenvalue weighted by molar-refractivity contribution is -0.200. The van der Waals surface area contributed by atoms with Gasteiger partial charge in [-0.1, -0.05) is 18.2 Å². The molecule has 0 aliphatic heterocycles. The van der Waals surface area contributed by atoms with E-state index >= 15 is 0 Å². The molecule has 1 aromatic rings. The third kappa shape index (κ3) is 2.54. The predicted molar refractivity (Wildman–Crippen MR) is 44.8 cm³/mol. The van der Waals surface area contributed by atoms with E-state index in [0.717, 1.165) is 5.56 Å². The van der Waals surface area contributed by atoms with Crippen molar-refractivity contribution in [2.45, 2.75) is 13.4 Å². The molecular formula is C9H10O4. The molecule has 2 N–H and O–H groups in total. The zero-order valence-electron chi connectivity index (χ0n) is 7.10. The van der Waals surface area contributed by atoms with Crippen LogP contribution in [0.4, 0.5) is 0 Å². The average molecular weight is 182 g/mol. The minimum atomic E-state index is -2.06. The molecule has 0 radical (unpaired) electrons. The van der Waals surface area contributed by atoms with Crippen LogP contribution in [0.5, 0.6) is 0 Å². The fourth-order valence-corrected chi connectivity index (χ4v) is 0.961. The fraction of sp³-hybridized carbons (Fsp3) is 0.222. The molecule has 0 amide bonds. The van der Waals surface area contributed by atoms with Crippen LogP contribution >= 0.6 is 0 Å². The molecule has 0 unspecified atom stereocenters. The predicted octanol–water partition coefficient (Wildman–Crippen LogP) is 0.420. The van der Waals surface area contributed by atoms with E-state index < -0.39 is 12.4 Å². The van der Waals surface area contributed by atoms with Gasteiger partial charge in [-0.25, -0.2) is 4.79 Å². The Morgan fingerprint density at radius 2 is 2.00 bits per heavy atom. The van der Waals surface area contributed by atoms with E-state index in [-0.39, 0.29) is 0 Å².